The summed E-state index contributed by atoms with van der Waals surface area (Å²) in [5.74, 6) is 0.168. The molecular formula is C18H21N5O. The van der Waals surface area contributed by atoms with Gasteiger partial charge in [-0.15, -0.1) is 0 Å². The lowest BCUT2D eigenvalue weighted by Crippen LogP contribution is -2.14. The van der Waals surface area contributed by atoms with Gasteiger partial charge in [0.2, 0.25) is 5.95 Å². The molecular weight excluding hydrogens is 302 g/mol. The Balaban J connectivity index is 2.25. The molecule has 2 aromatic rings. The molecule has 0 saturated carbocycles. The molecule has 4 N–H and O–H groups in total. The van der Waals surface area contributed by atoms with Crippen LogP contribution in [0.5, 0.6) is 0 Å². The number of hydrogen-bond acceptors (Lipinski definition) is 4. The minimum Gasteiger partial charge on any atom is -0.368 e. The van der Waals surface area contributed by atoms with Crippen molar-refractivity contribution < 1.29 is 4.79 Å². The molecule has 6 nitrogen and oxygen atoms in total. The number of carbonyl (C=O) groups is 1. The second-order valence-corrected chi connectivity index (χ2v) is 5.94. The van der Waals surface area contributed by atoms with Crippen LogP contribution in [0.25, 0.3) is 17.0 Å². The topological polar surface area (TPSA) is 99.8 Å². The van der Waals surface area contributed by atoms with E-state index in [2.05, 4.69) is 33.6 Å². The maximum absolute atomic E-state index is 12.0. The molecule has 1 aliphatic rings. The summed E-state index contributed by atoms with van der Waals surface area (Å²) >= 11 is 0. The van der Waals surface area contributed by atoms with E-state index in [1.807, 2.05) is 13.0 Å². The largest absolute Gasteiger partial charge is 0.368 e. The molecule has 0 aromatic carbocycles. The molecule has 0 bridgehead atoms. The number of carbonyl (C=O) groups excluding carboxylic acids is 1. The van der Waals surface area contributed by atoms with Crippen LogP contribution in [0.1, 0.15) is 36.3 Å². The van der Waals surface area contributed by atoms with Gasteiger partial charge < -0.3 is 16.0 Å². The van der Waals surface area contributed by atoms with E-state index in [0.717, 1.165) is 23.4 Å². The third kappa shape index (κ3) is 2.82. The van der Waals surface area contributed by atoms with Crippen molar-refractivity contribution in [2.45, 2.75) is 26.8 Å². The first-order valence-electron chi connectivity index (χ1n) is 8.02. The van der Waals surface area contributed by atoms with Crippen molar-refractivity contribution in [3.63, 3.8) is 0 Å². The summed E-state index contributed by atoms with van der Waals surface area (Å²) in [4.78, 5) is 20.2. The van der Waals surface area contributed by atoms with Crippen LogP contribution in [0.3, 0.4) is 0 Å². The Hall–Kier alpha value is -2.89. The van der Waals surface area contributed by atoms with Crippen molar-refractivity contribution in [3.05, 3.63) is 47.8 Å². The predicted molar refractivity (Wildman–Crippen MR) is 95.0 cm³/mol. The van der Waals surface area contributed by atoms with Gasteiger partial charge in [0.05, 0.1) is 22.6 Å². The summed E-state index contributed by atoms with van der Waals surface area (Å²) in [5, 5.41) is 0. The minimum atomic E-state index is -0.451. The number of aromatic nitrogens is 3. The Morgan fingerprint density at radius 2 is 2.25 bits per heavy atom. The molecule has 0 aliphatic heterocycles. The van der Waals surface area contributed by atoms with Crippen LogP contribution in [0, 0.1) is 5.92 Å². The first kappa shape index (κ1) is 16.0. The van der Waals surface area contributed by atoms with Crippen LogP contribution in [-0.2, 0) is 6.54 Å². The van der Waals surface area contributed by atoms with E-state index in [9.17, 15) is 4.79 Å². The van der Waals surface area contributed by atoms with Crippen molar-refractivity contribution >= 4 is 17.4 Å². The van der Waals surface area contributed by atoms with Gasteiger partial charge in [-0.05, 0) is 37.0 Å². The van der Waals surface area contributed by atoms with Gasteiger partial charge in [-0.25, -0.2) is 9.97 Å². The third-order valence-corrected chi connectivity index (χ3v) is 4.16. The third-order valence-electron chi connectivity index (χ3n) is 4.16. The van der Waals surface area contributed by atoms with E-state index < -0.39 is 5.91 Å². The molecule has 1 unspecified atom stereocenters. The molecule has 2 heterocycles. The molecule has 0 saturated heterocycles. The van der Waals surface area contributed by atoms with Gasteiger partial charge in [-0.3, -0.25) is 4.79 Å². The summed E-state index contributed by atoms with van der Waals surface area (Å²) in [6.45, 7) is 4.86. The van der Waals surface area contributed by atoms with E-state index in [1.54, 1.807) is 18.3 Å². The number of hydrogen-bond donors (Lipinski definition) is 2. The smallest absolute Gasteiger partial charge is 0.250 e. The van der Waals surface area contributed by atoms with Gasteiger partial charge >= 0.3 is 0 Å². The standard InChI is InChI=1S/C18H21N5O/c1-3-23-15(14-7-8-21-18(20)22-14)10-13(17(19)24)16(23)12-6-4-5-11(2)9-12/h4,6-11H,3,5H2,1-2H3,(H2,19,24)(H2,20,21,22). The number of allylic oxidation sites excluding steroid dienone is 4. The fourth-order valence-corrected chi connectivity index (χ4v) is 3.10. The van der Waals surface area contributed by atoms with Gasteiger partial charge in [0, 0.05) is 12.7 Å². The highest BCUT2D eigenvalue weighted by Crippen LogP contribution is 2.33. The minimum absolute atomic E-state index is 0.198. The molecule has 24 heavy (non-hydrogen) atoms. The van der Waals surface area contributed by atoms with Gasteiger partial charge in [-0.1, -0.05) is 25.2 Å². The summed E-state index contributed by atoms with van der Waals surface area (Å²) in [6, 6.07) is 3.57. The zero-order valence-electron chi connectivity index (χ0n) is 13.9. The zero-order valence-corrected chi connectivity index (χ0v) is 13.9. The van der Waals surface area contributed by atoms with E-state index in [1.165, 1.54) is 0 Å². The Labute approximate surface area is 140 Å². The molecule has 1 atom stereocenters. The molecule has 3 rings (SSSR count). The second-order valence-electron chi connectivity index (χ2n) is 5.94. The van der Waals surface area contributed by atoms with Crippen LogP contribution in [0.15, 0.2) is 36.6 Å². The average molecular weight is 323 g/mol. The Bertz CT molecular complexity index is 847. The highest BCUT2D eigenvalue weighted by atomic mass is 16.1. The molecule has 2 aromatic heterocycles. The Morgan fingerprint density at radius 1 is 1.46 bits per heavy atom. The van der Waals surface area contributed by atoms with Crippen molar-refractivity contribution in [1.82, 2.24) is 14.5 Å². The Morgan fingerprint density at radius 3 is 2.88 bits per heavy atom. The van der Waals surface area contributed by atoms with E-state index >= 15 is 0 Å². The molecule has 1 amide bonds. The van der Waals surface area contributed by atoms with Gasteiger partial charge in [0.1, 0.15) is 0 Å². The Kier molecular flexibility index (Phi) is 4.20. The highest BCUT2D eigenvalue weighted by Gasteiger charge is 2.22. The second kappa shape index (κ2) is 6.31. The van der Waals surface area contributed by atoms with Crippen LogP contribution in [0.2, 0.25) is 0 Å². The van der Waals surface area contributed by atoms with E-state index in [4.69, 9.17) is 11.5 Å². The fraction of sp³-hybridized carbons (Fsp3) is 0.278. The molecule has 1 aliphatic carbocycles. The maximum atomic E-state index is 12.0. The van der Waals surface area contributed by atoms with Gasteiger partial charge in [0.15, 0.2) is 0 Å². The summed E-state index contributed by atoms with van der Waals surface area (Å²) in [6.07, 6.45) is 8.95. The predicted octanol–water partition coefficient (Wildman–Crippen LogP) is 2.63. The van der Waals surface area contributed by atoms with Gasteiger partial charge in [-0.2, -0.15) is 0 Å². The van der Waals surface area contributed by atoms with Crippen molar-refractivity contribution in [3.8, 4) is 11.4 Å². The number of amides is 1. The number of nitrogen functional groups attached to an aromatic ring is 1. The number of rotatable bonds is 4. The summed E-state index contributed by atoms with van der Waals surface area (Å²) < 4.78 is 2.05. The van der Waals surface area contributed by atoms with Crippen LogP contribution in [-0.4, -0.2) is 20.4 Å². The average Bonchev–Trinajstić information content (AvgIpc) is 2.94. The van der Waals surface area contributed by atoms with E-state index in [-0.39, 0.29) is 5.95 Å². The molecule has 124 valence electrons. The van der Waals surface area contributed by atoms with Crippen molar-refractivity contribution in [2.75, 3.05) is 5.73 Å². The molecule has 6 heteroatoms. The first-order valence-corrected chi connectivity index (χ1v) is 8.02. The number of nitrogens with zero attached hydrogens (tertiary/aromatic N) is 3. The molecule has 0 radical (unpaired) electrons. The quantitative estimate of drug-likeness (QED) is 0.903. The number of anilines is 1. The summed E-state index contributed by atoms with van der Waals surface area (Å²) in [7, 11) is 0. The highest BCUT2D eigenvalue weighted by molar-refractivity contribution is 6.00. The van der Waals surface area contributed by atoms with Gasteiger partial charge in [0.25, 0.3) is 5.91 Å². The summed E-state index contributed by atoms with van der Waals surface area (Å²) in [5.41, 5.74) is 15.2. The maximum Gasteiger partial charge on any atom is 0.250 e. The van der Waals surface area contributed by atoms with Crippen LogP contribution < -0.4 is 11.5 Å². The SMILES string of the molecule is CCn1c(-c2ccnc(N)n2)cc(C(N)=O)c1C1=CC(C)CC=C1. The van der Waals surface area contributed by atoms with Crippen molar-refractivity contribution in [1.29, 1.82) is 0 Å². The number of nitrogens with two attached hydrogens (primary N) is 2. The monoisotopic (exact) mass is 323 g/mol. The van der Waals surface area contributed by atoms with Crippen LogP contribution in [0.4, 0.5) is 5.95 Å². The zero-order chi connectivity index (χ0) is 17.3. The lowest BCUT2D eigenvalue weighted by atomic mass is 9.94. The lowest BCUT2D eigenvalue weighted by Gasteiger charge is -2.17. The lowest BCUT2D eigenvalue weighted by molar-refractivity contribution is 0.1000. The van der Waals surface area contributed by atoms with Crippen molar-refractivity contribution in [2.24, 2.45) is 11.7 Å². The first-order chi connectivity index (χ1) is 11.5. The fourth-order valence-electron chi connectivity index (χ4n) is 3.10. The van der Waals surface area contributed by atoms with Crippen LogP contribution >= 0.6 is 0 Å². The molecule has 0 spiro atoms. The van der Waals surface area contributed by atoms with E-state index in [0.29, 0.717) is 23.7 Å². The molecule has 0 fully saturated rings. The number of primary amides is 1. The normalized spacial score (nSPS) is 16.9.